The van der Waals surface area contributed by atoms with Gasteiger partial charge in [-0.2, -0.15) is 0 Å². The van der Waals surface area contributed by atoms with Gasteiger partial charge in [0.25, 0.3) is 0 Å². The number of carbonyl (C=O) groups is 2. The summed E-state index contributed by atoms with van der Waals surface area (Å²) >= 11 is 12.1. The zero-order chi connectivity index (χ0) is 20.3. The molecule has 0 bridgehead atoms. The van der Waals surface area contributed by atoms with Crippen molar-refractivity contribution in [3.05, 3.63) is 33.8 Å². The summed E-state index contributed by atoms with van der Waals surface area (Å²) in [5.41, 5.74) is 0.870. The number of nitrogens with zero attached hydrogens (tertiary/aromatic N) is 2. The number of esters is 1. The van der Waals surface area contributed by atoms with Crippen LogP contribution in [-0.2, 0) is 20.7 Å². The van der Waals surface area contributed by atoms with Gasteiger partial charge in [-0.05, 0) is 37.0 Å². The van der Waals surface area contributed by atoms with Crippen LogP contribution < -0.4 is 0 Å². The Morgan fingerprint density at radius 2 is 1.90 bits per heavy atom. The van der Waals surface area contributed by atoms with E-state index in [1.54, 1.807) is 12.1 Å². The van der Waals surface area contributed by atoms with E-state index in [1.165, 1.54) is 13.3 Å². The second-order valence-corrected chi connectivity index (χ2v) is 8.68. The average Bonchev–Trinajstić information content (AvgIpc) is 3.11. The van der Waals surface area contributed by atoms with Crippen LogP contribution in [0, 0.1) is 0 Å². The first-order chi connectivity index (χ1) is 13.3. The molecule has 0 aromatic heterocycles. The highest BCUT2D eigenvalue weighted by Crippen LogP contribution is 2.30. The largest absolute Gasteiger partial charge is 0.461 e. The van der Waals surface area contributed by atoms with Gasteiger partial charge >= 0.3 is 5.97 Å². The standard InChI is InChI=1S/C21H28Cl2N2O3.ClH/c1-14(26)28-16-9-10-25(13-16)20-6-4-3-5-19(20)24(2)21(27)12-15-7-8-17(22)18(23)11-15;/h7-8,11,16,19-20H,3-6,9-10,12-13H2,1-2H3;1H. The molecular weight excluding hydrogens is 435 g/mol. The van der Waals surface area contributed by atoms with Gasteiger partial charge < -0.3 is 9.64 Å². The summed E-state index contributed by atoms with van der Waals surface area (Å²) in [5, 5.41) is 0.966. The van der Waals surface area contributed by atoms with Crippen molar-refractivity contribution in [1.82, 2.24) is 9.80 Å². The molecule has 0 N–H and O–H groups in total. The van der Waals surface area contributed by atoms with Gasteiger partial charge in [-0.1, -0.05) is 42.1 Å². The third-order valence-corrected chi connectivity index (χ3v) is 6.64. The number of carbonyl (C=O) groups excluding carboxylic acids is 2. The minimum atomic E-state index is -0.221. The zero-order valence-corrected chi connectivity index (χ0v) is 19.2. The molecule has 1 aromatic carbocycles. The number of ether oxygens (including phenoxy) is 1. The second kappa shape index (κ2) is 10.9. The summed E-state index contributed by atoms with van der Waals surface area (Å²) in [5.74, 6) is -0.132. The molecule has 1 aromatic rings. The van der Waals surface area contributed by atoms with Crippen LogP contribution in [0.2, 0.25) is 10.0 Å². The Hall–Kier alpha value is -1.01. The first-order valence-corrected chi connectivity index (χ1v) is 10.7. The van der Waals surface area contributed by atoms with Gasteiger partial charge in [-0.25, -0.2) is 0 Å². The fraction of sp³-hybridized carbons (Fsp3) is 0.619. The van der Waals surface area contributed by atoms with Crippen LogP contribution in [0.4, 0.5) is 0 Å². The van der Waals surface area contributed by atoms with Crippen molar-refractivity contribution in [2.75, 3.05) is 20.1 Å². The van der Waals surface area contributed by atoms with E-state index in [0.717, 1.165) is 44.3 Å². The number of benzene rings is 1. The molecule has 1 aliphatic carbocycles. The number of likely N-dealkylation sites (N-methyl/N-ethyl adjacent to an activating group) is 1. The lowest BCUT2D eigenvalue weighted by Crippen LogP contribution is -2.53. The molecule has 1 saturated carbocycles. The normalized spacial score (nSPS) is 24.6. The number of hydrogen-bond acceptors (Lipinski definition) is 4. The lowest BCUT2D eigenvalue weighted by molar-refractivity contribution is -0.145. The SMILES string of the molecule is CC(=O)OC1CCN(C2CCCCC2N(C)C(=O)Cc2ccc(Cl)c(Cl)c2)C1.Cl. The fourth-order valence-corrected chi connectivity index (χ4v) is 4.81. The van der Waals surface area contributed by atoms with Crippen LogP contribution in [-0.4, -0.2) is 60.0 Å². The van der Waals surface area contributed by atoms with E-state index >= 15 is 0 Å². The summed E-state index contributed by atoms with van der Waals surface area (Å²) < 4.78 is 5.39. The molecule has 162 valence electrons. The Morgan fingerprint density at radius 1 is 1.17 bits per heavy atom. The molecular formula is C21H29Cl3N2O3. The molecule has 1 aliphatic heterocycles. The molecule has 0 radical (unpaired) electrons. The van der Waals surface area contributed by atoms with E-state index in [-0.39, 0.29) is 36.4 Å². The van der Waals surface area contributed by atoms with Gasteiger partial charge in [0.15, 0.2) is 0 Å². The predicted molar refractivity (Wildman–Crippen MR) is 118 cm³/mol. The van der Waals surface area contributed by atoms with Crippen LogP contribution >= 0.6 is 35.6 Å². The lowest BCUT2D eigenvalue weighted by Gasteiger charge is -2.42. The molecule has 3 rings (SSSR count). The second-order valence-electron chi connectivity index (χ2n) is 7.86. The summed E-state index contributed by atoms with van der Waals surface area (Å²) in [6.45, 7) is 3.13. The quantitative estimate of drug-likeness (QED) is 0.609. The van der Waals surface area contributed by atoms with E-state index in [2.05, 4.69) is 4.90 Å². The monoisotopic (exact) mass is 462 g/mol. The van der Waals surface area contributed by atoms with Gasteiger partial charge in [0.2, 0.25) is 5.91 Å². The molecule has 3 atom stereocenters. The van der Waals surface area contributed by atoms with Gasteiger partial charge in [-0.15, -0.1) is 12.4 Å². The third-order valence-electron chi connectivity index (χ3n) is 5.90. The molecule has 1 heterocycles. The molecule has 5 nitrogen and oxygen atoms in total. The van der Waals surface area contributed by atoms with Crippen molar-refractivity contribution in [3.8, 4) is 0 Å². The molecule has 2 fully saturated rings. The molecule has 0 spiro atoms. The maximum absolute atomic E-state index is 12.9. The number of hydrogen-bond donors (Lipinski definition) is 0. The Labute approximate surface area is 189 Å². The highest BCUT2D eigenvalue weighted by Gasteiger charge is 2.38. The van der Waals surface area contributed by atoms with Crippen molar-refractivity contribution in [3.63, 3.8) is 0 Å². The average molecular weight is 464 g/mol. The van der Waals surface area contributed by atoms with E-state index in [4.69, 9.17) is 27.9 Å². The Morgan fingerprint density at radius 3 is 2.59 bits per heavy atom. The number of amides is 1. The Bertz CT molecular complexity index is 731. The van der Waals surface area contributed by atoms with Crippen molar-refractivity contribution < 1.29 is 14.3 Å². The van der Waals surface area contributed by atoms with Gasteiger partial charge in [-0.3, -0.25) is 14.5 Å². The van der Waals surface area contributed by atoms with Gasteiger partial charge in [0.1, 0.15) is 6.10 Å². The van der Waals surface area contributed by atoms with Crippen molar-refractivity contribution in [2.45, 2.75) is 63.6 Å². The summed E-state index contributed by atoms with van der Waals surface area (Å²) in [6.07, 6.45) is 5.52. The van der Waals surface area contributed by atoms with Gasteiger partial charge in [0, 0.05) is 39.1 Å². The van der Waals surface area contributed by atoms with Crippen LogP contribution in [0.25, 0.3) is 0 Å². The Balaban J connectivity index is 0.00000300. The number of likely N-dealkylation sites (tertiary alicyclic amines) is 1. The first-order valence-electron chi connectivity index (χ1n) is 9.96. The van der Waals surface area contributed by atoms with Crippen LogP contribution in [0.15, 0.2) is 18.2 Å². The molecule has 8 heteroatoms. The van der Waals surface area contributed by atoms with Crippen molar-refractivity contribution >= 4 is 47.5 Å². The molecule has 2 aliphatic rings. The molecule has 1 amide bonds. The fourth-order valence-electron chi connectivity index (χ4n) is 4.49. The van der Waals surface area contributed by atoms with Crippen LogP contribution in [0.5, 0.6) is 0 Å². The summed E-state index contributed by atoms with van der Waals surface area (Å²) in [4.78, 5) is 28.5. The van der Waals surface area contributed by atoms with E-state index in [0.29, 0.717) is 22.5 Å². The zero-order valence-electron chi connectivity index (χ0n) is 16.9. The van der Waals surface area contributed by atoms with Crippen LogP contribution in [0.1, 0.15) is 44.6 Å². The highest BCUT2D eigenvalue weighted by molar-refractivity contribution is 6.42. The number of halogens is 3. The Kier molecular flexibility index (Phi) is 9.08. The summed E-state index contributed by atoms with van der Waals surface area (Å²) in [7, 11) is 1.91. The maximum Gasteiger partial charge on any atom is 0.302 e. The highest BCUT2D eigenvalue weighted by atomic mass is 35.5. The topological polar surface area (TPSA) is 49.9 Å². The summed E-state index contributed by atoms with van der Waals surface area (Å²) in [6, 6.07) is 5.84. The van der Waals surface area contributed by atoms with Crippen molar-refractivity contribution in [2.24, 2.45) is 0 Å². The van der Waals surface area contributed by atoms with E-state index in [9.17, 15) is 9.59 Å². The minimum Gasteiger partial charge on any atom is -0.461 e. The first kappa shape index (κ1) is 24.3. The smallest absolute Gasteiger partial charge is 0.302 e. The predicted octanol–water partition coefficient (Wildman–Crippen LogP) is 4.36. The van der Waals surface area contributed by atoms with Crippen molar-refractivity contribution in [1.29, 1.82) is 0 Å². The van der Waals surface area contributed by atoms with E-state index in [1.807, 2.05) is 18.0 Å². The number of rotatable bonds is 5. The minimum absolute atomic E-state index is 0. The molecule has 3 unspecified atom stereocenters. The lowest BCUT2D eigenvalue weighted by atomic mass is 9.88. The van der Waals surface area contributed by atoms with E-state index < -0.39 is 0 Å². The maximum atomic E-state index is 12.9. The third kappa shape index (κ3) is 6.24. The molecule has 29 heavy (non-hydrogen) atoms. The van der Waals surface area contributed by atoms with Gasteiger partial charge in [0.05, 0.1) is 16.5 Å². The van der Waals surface area contributed by atoms with Crippen LogP contribution in [0.3, 0.4) is 0 Å². The molecule has 1 saturated heterocycles.